The van der Waals surface area contributed by atoms with Gasteiger partial charge in [0.2, 0.25) is 0 Å². The second-order valence-electron chi connectivity index (χ2n) is 7.29. The molecule has 0 saturated heterocycles. The number of fused-ring (bicyclic) bond motifs is 4. The van der Waals surface area contributed by atoms with Gasteiger partial charge in [-0.15, -0.1) is 11.3 Å². The number of nitrogens with zero attached hydrogens (tertiary/aromatic N) is 2. The number of ether oxygens (including phenoxy) is 2. The molecule has 1 atom stereocenters. The number of aromatic amines is 1. The second-order valence-corrected chi connectivity index (χ2v) is 9.38. The molecule has 160 valence electrons. The molecule has 1 aliphatic rings. The van der Waals surface area contributed by atoms with E-state index in [1.54, 1.807) is 24.5 Å². The van der Waals surface area contributed by atoms with Gasteiger partial charge >= 0.3 is 10.8 Å². The maximum absolute atomic E-state index is 12.2. The monoisotopic (exact) mass is 456 g/mol. The van der Waals surface area contributed by atoms with Crippen LogP contribution < -0.4 is 14.9 Å². The molecule has 3 heterocycles. The summed E-state index contributed by atoms with van der Waals surface area (Å²) in [7, 11) is 1.59. The van der Waals surface area contributed by atoms with Crippen LogP contribution in [0.3, 0.4) is 0 Å². The fourth-order valence-corrected chi connectivity index (χ4v) is 6.06. The van der Waals surface area contributed by atoms with E-state index in [4.69, 9.17) is 9.47 Å². The third-order valence-corrected chi connectivity index (χ3v) is 7.47. The van der Waals surface area contributed by atoms with Crippen LogP contribution in [0.2, 0.25) is 0 Å². The number of nitrogens with one attached hydrogen (secondary N) is 2. The van der Waals surface area contributed by atoms with Gasteiger partial charge in [0.1, 0.15) is 22.7 Å². The zero-order chi connectivity index (χ0) is 21.5. The number of thiophene rings is 1. The molecule has 0 bridgehead atoms. The molecule has 0 saturated carbocycles. The minimum Gasteiger partial charge on any atom is -0.494 e. The first-order valence-electron chi connectivity index (χ1n) is 9.97. The Kier molecular flexibility index (Phi) is 5.11. The predicted molar refractivity (Wildman–Crippen MR) is 122 cm³/mol. The van der Waals surface area contributed by atoms with Crippen LogP contribution in [0.5, 0.6) is 5.75 Å². The van der Waals surface area contributed by atoms with Gasteiger partial charge in [-0.05, 0) is 37.8 Å². The van der Waals surface area contributed by atoms with E-state index in [-0.39, 0.29) is 16.8 Å². The van der Waals surface area contributed by atoms with E-state index in [0.29, 0.717) is 24.6 Å². The van der Waals surface area contributed by atoms with E-state index in [1.807, 2.05) is 13.0 Å². The van der Waals surface area contributed by atoms with Crippen LogP contribution in [0.15, 0.2) is 23.3 Å². The highest BCUT2D eigenvalue weighted by atomic mass is 32.1. The number of benzene rings is 1. The minimum atomic E-state index is -0.126. The molecule has 0 spiro atoms. The van der Waals surface area contributed by atoms with Gasteiger partial charge in [-0.3, -0.25) is 9.59 Å². The smallest absolute Gasteiger partial charge is 0.309 e. The van der Waals surface area contributed by atoms with Crippen LogP contribution in [0.25, 0.3) is 20.4 Å². The van der Waals surface area contributed by atoms with Crippen LogP contribution in [0.1, 0.15) is 23.8 Å². The summed E-state index contributed by atoms with van der Waals surface area (Å²) >= 11 is 2.76. The molecule has 0 radical (unpaired) electrons. The number of anilines is 2. The summed E-state index contributed by atoms with van der Waals surface area (Å²) in [5, 5.41) is 4.37. The van der Waals surface area contributed by atoms with Crippen LogP contribution in [-0.4, -0.2) is 34.6 Å². The molecule has 4 aromatic rings. The summed E-state index contributed by atoms with van der Waals surface area (Å²) in [6.45, 7) is 2.23. The Morgan fingerprint density at radius 2 is 2.19 bits per heavy atom. The Labute approximate surface area is 185 Å². The van der Waals surface area contributed by atoms with Gasteiger partial charge in [0.15, 0.2) is 0 Å². The molecule has 31 heavy (non-hydrogen) atoms. The van der Waals surface area contributed by atoms with Crippen molar-refractivity contribution in [3.63, 3.8) is 0 Å². The van der Waals surface area contributed by atoms with Crippen molar-refractivity contribution >= 4 is 60.6 Å². The molecule has 8 nitrogen and oxygen atoms in total. The van der Waals surface area contributed by atoms with Crippen molar-refractivity contribution in [2.75, 3.05) is 19.0 Å². The van der Waals surface area contributed by atoms with Crippen molar-refractivity contribution < 1.29 is 14.3 Å². The molecule has 0 aliphatic heterocycles. The number of carbonyl (C=O) groups is 1. The Morgan fingerprint density at radius 1 is 1.32 bits per heavy atom. The summed E-state index contributed by atoms with van der Waals surface area (Å²) in [6, 6.07) is 3.70. The maximum Gasteiger partial charge on any atom is 0.309 e. The van der Waals surface area contributed by atoms with Gasteiger partial charge in [-0.1, -0.05) is 11.3 Å². The molecular formula is C21H20N4O4S2. The number of carbonyl (C=O) groups excluding carboxylic acids is 1. The minimum absolute atomic E-state index is 0.108. The summed E-state index contributed by atoms with van der Waals surface area (Å²) in [6.07, 6.45) is 3.73. The van der Waals surface area contributed by atoms with Gasteiger partial charge in [-0.25, -0.2) is 9.97 Å². The molecule has 1 aliphatic carbocycles. The van der Waals surface area contributed by atoms with Crippen LogP contribution >= 0.6 is 22.7 Å². The lowest BCUT2D eigenvalue weighted by Crippen LogP contribution is -2.23. The fraction of sp³-hybridized carbons (Fsp3) is 0.333. The molecule has 0 unspecified atom stereocenters. The Hall–Kier alpha value is -2.98. The van der Waals surface area contributed by atoms with Crippen LogP contribution in [0, 0.1) is 5.92 Å². The van der Waals surface area contributed by atoms with Gasteiger partial charge in [-0.2, -0.15) is 0 Å². The largest absolute Gasteiger partial charge is 0.494 e. The van der Waals surface area contributed by atoms with E-state index in [0.717, 1.165) is 55.2 Å². The van der Waals surface area contributed by atoms with Crippen molar-refractivity contribution in [2.24, 2.45) is 5.92 Å². The number of hydrogen-bond donors (Lipinski definition) is 2. The summed E-state index contributed by atoms with van der Waals surface area (Å²) < 4.78 is 11.6. The lowest BCUT2D eigenvalue weighted by atomic mass is 9.88. The highest BCUT2D eigenvalue weighted by molar-refractivity contribution is 7.19. The third-order valence-electron chi connectivity index (χ3n) is 5.46. The third kappa shape index (κ3) is 3.55. The Bertz CT molecular complexity index is 1360. The van der Waals surface area contributed by atoms with E-state index in [1.165, 1.54) is 11.9 Å². The average molecular weight is 457 g/mol. The standard InChI is InChI=1S/C21H20N4O4S2/c1-3-29-20(26)10-4-5-11-15(6-10)30-19-17(11)18(22-9-23-19)24-12-8-16-13(7-14(12)28-2)25-21(27)31-16/h7-10H,3-6H2,1-2H3,(H,25,27)(H,22,23,24)/t10-/m1/s1. The number of esters is 1. The predicted octanol–water partition coefficient (Wildman–Crippen LogP) is 4.01. The lowest BCUT2D eigenvalue weighted by molar-refractivity contribution is -0.148. The van der Waals surface area contributed by atoms with Crippen molar-refractivity contribution in [1.82, 2.24) is 15.0 Å². The van der Waals surface area contributed by atoms with E-state index < -0.39 is 0 Å². The fourth-order valence-electron chi connectivity index (χ4n) is 4.04. The first-order valence-corrected chi connectivity index (χ1v) is 11.6. The number of H-pyrrole nitrogens is 1. The first kappa shape index (κ1) is 20.0. The van der Waals surface area contributed by atoms with Crippen molar-refractivity contribution in [1.29, 1.82) is 0 Å². The van der Waals surface area contributed by atoms with E-state index >= 15 is 0 Å². The van der Waals surface area contributed by atoms with Crippen LogP contribution in [0.4, 0.5) is 11.5 Å². The van der Waals surface area contributed by atoms with E-state index in [2.05, 4.69) is 20.3 Å². The van der Waals surface area contributed by atoms with Crippen molar-refractivity contribution in [3.8, 4) is 5.75 Å². The molecule has 2 N–H and O–H groups in total. The SMILES string of the molecule is CCOC(=O)[C@@H]1CCc2c(sc3ncnc(Nc4cc5sc(=O)[nH]c5cc4OC)c23)C1. The normalized spacial score (nSPS) is 15.7. The Balaban J connectivity index is 1.54. The number of hydrogen-bond acceptors (Lipinski definition) is 9. The highest BCUT2D eigenvalue weighted by Crippen LogP contribution is 2.41. The number of aromatic nitrogens is 3. The van der Waals surface area contributed by atoms with Gasteiger partial charge in [0, 0.05) is 10.9 Å². The Morgan fingerprint density at radius 3 is 3.00 bits per heavy atom. The lowest BCUT2D eigenvalue weighted by Gasteiger charge is -2.20. The summed E-state index contributed by atoms with van der Waals surface area (Å²) in [5.74, 6) is 1.07. The molecule has 10 heteroatoms. The highest BCUT2D eigenvalue weighted by Gasteiger charge is 2.30. The summed E-state index contributed by atoms with van der Waals surface area (Å²) in [5.41, 5.74) is 2.66. The quantitative estimate of drug-likeness (QED) is 0.437. The zero-order valence-electron chi connectivity index (χ0n) is 17.0. The average Bonchev–Trinajstić information content (AvgIpc) is 3.31. The molecule has 5 rings (SSSR count). The molecule has 0 amide bonds. The van der Waals surface area contributed by atoms with Gasteiger partial charge in [0.25, 0.3) is 0 Å². The topological polar surface area (TPSA) is 106 Å². The molecule has 0 fully saturated rings. The van der Waals surface area contributed by atoms with Crippen LogP contribution in [-0.2, 0) is 22.4 Å². The number of thiazole rings is 1. The van der Waals surface area contributed by atoms with Gasteiger partial charge in [0.05, 0.1) is 40.9 Å². The van der Waals surface area contributed by atoms with Crippen molar-refractivity contribution in [2.45, 2.75) is 26.2 Å². The molecule has 3 aromatic heterocycles. The van der Waals surface area contributed by atoms with E-state index in [9.17, 15) is 9.59 Å². The number of rotatable bonds is 5. The summed E-state index contributed by atoms with van der Waals surface area (Å²) in [4.78, 5) is 37.6. The van der Waals surface area contributed by atoms with Crippen molar-refractivity contribution in [3.05, 3.63) is 38.6 Å². The maximum atomic E-state index is 12.2. The number of methoxy groups -OCH3 is 1. The number of aryl methyl sites for hydroxylation is 1. The second kappa shape index (κ2) is 7.93. The van der Waals surface area contributed by atoms with Gasteiger partial charge < -0.3 is 19.8 Å². The molecular weight excluding hydrogens is 436 g/mol. The molecule has 1 aromatic carbocycles. The zero-order valence-corrected chi connectivity index (χ0v) is 18.6. The first-order chi connectivity index (χ1) is 15.1.